The van der Waals surface area contributed by atoms with Crippen LogP contribution in [0, 0.1) is 5.92 Å². The van der Waals surface area contributed by atoms with Crippen molar-refractivity contribution >= 4 is 44.0 Å². The molecule has 0 saturated carbocycles. The van der Waals surface area contributed by atoms with Gasteiger partial charge in [-0.1, -0.05) is 20.8 Å². The Morgan fingerprint density at radius 1 is 1.15 bits per heavy atom. The summed E-state index contributed by atoms with van der Waals surface area (Å²) in [6, 6.07) is 3.89. The number of nitrogens with zero attached hydrogens (tertiary/aromatic N) is 6. The minimum atomic E-state index is -3.03. The van der Waals surface area contributed by atoms with Crippen LogP contribution in [0.25, 0.3) is 10.8 Å². The number of hydrogen-bond donors (Lipinski definition) is 2. The first-order chi connectivity index (χ1) is 19.1. The Bertz CT molecular complexity index is 1470. The topological polar surface area (TPSA) is 134 Å². The second-order valence-corrected chi connectivity index (χ2v) is 13.5. The van der Waals surface area contributed by atoms with Gasteiger partial charge in [-0.3, -0.25) is 0 Å². The van der Waals surface area contributed by atoms with Crippen LogP contribution < -0.4 is 15.1 Å². The van der Waals surface area contributed by atoms with E-state index in [1.807, 2.05) is 23.4 Å². The Kier molecular flexibility index (Phi) is 8.12. The number of rotatable bonds is 9. The molecule has 4 atom stereocenters. The van der Waals surface area contributed by atoms with E-state index in [1.165, 1.54) is 0 Å². The van der Waals surface area contributed by atoms with E-state index in [1.54, 1.807) is 26.3 Å². The van der Waals surface area contributed by atoms with Gasteiger partial charge >= 0.3 is 0 Å². The molecule has 2 aliphatic rings. The number of pyridine rings is 2. The van der Waals surface area contributed by atoms with E-state index in [9.17, 15) is 13.5 Å². The predicted molar refractivity (Wildman–Crippen MR) is 157 cm³/mol. The number of hydrogen-bond acceptors (Lipinski definition) is 11. The van der Waals surface area contributed by atoms with Gasteiger partial charge in [0.05, 0.1) is 18.0 Å². The summed E-state index contributed by atoms with van der Waals surface area (Å²) < 4.78 is 29.7. The van der Waals surface area contributed by atoms with Crippen molar-refractivity contribution in [3.05, 3.63) is 36.3 Å². The number of nitrogens with one attached hydrogen (secondary N) is 1. The van der Waals surface area contributed by atoms with Crippen LogP contribution in [0.15, 0.2) is 30.7 Å². The van der Waals surface area contributed by atoms with Crippen molar-refractivity contribution in [3.8, 4) is 0 Å². The molecule has 12 heteroatoms. The number of aliphatic hydroxyl groups excluding tert-OH is 1. The summed E-state index contributed by atoms with van der Waals surface area (Å²) in [5, 5.41) is 15.7. The quantitative estimate of drug-likeness (QED) is 0.394. The van der Waals surface area contributed by atoms with Crippen molar-refractivity contribution in [2.24, 2.45) is 5.92 Å². The Morgan fingerprint density at radius 2 is 1.95 bits per heavy atom. The van der Waals surface area contributed by atoms with Crippen LogP contribution >= 0.6 is 0 Å². The third kappa shape index (κ3) is 5.70. The maximum Gasteiger partial charge on any atom is 0.227 e. The van der Waals surface area contributed by atoms with E-state index >= 15 is 0 Å². The molecule has 0 aromatic carbocycles. The molecule has 11 nitrogen and oxygen atoms in total. The van der Waals surface area contributed by atoms with Crippen molar-refractivity contribution in [1.29, 1.82) is 0 Å². The molecule has 2 aliphatic heterocycles. The summed E-state index contributed by atoms with van der Waals surface area (Å²) in [4.78, 5) is 22.7. The van der Waals surface area contributed by atoms with Gasteiger partial charge in [0.1, 0.15) is 27.3 Å². The van der Waals surface area contributed by atoms with Gasteiger partial charge in [0, 0.05) is 68.4 Å². The molecule has 40 heavy (non-hydrogen) atoms. The van der Waals surface area contributed by atoms with E-state index in [-0.39, 0.29) is 35.5 Å². The molecule has 2 N–H and O–H groups in total. The minimum absolute atomic E-state index is 0.0756. The van der Waals surface area contributed by atoms with E-state index in [0.29, 0.717) is 43.6 Å². The van der Waals surface area contributed by atoms with Crippen molar-refractivity contribution < 1.29 is 18.3 Å². The molecule has 0 radical (unpaired) electrons. The standard InChI is InChI=1S/C28H39N7O4S/c1-6-40(37,38)16-19-14-35(18(19)4)27-22-13-30-26(11-20(22)21(12-31-27)17(2)3)32-25-7-9-29-28(33-25)34-10-8-24(39-5)23(36)15-34/h7,9,11-13,17-19,23-24,36H,6,8,10,14-16H2,1-5H3,(H,29,30,32,33)/t18-,19-,23+,24+/m1/s1. The lowest BCUT2D eigenvalue weighted by atomic mass is 9.90. The number of aromatic nitrogens is 4. The van der Waals surface area contributed by atoms with Crippen LogP contribution in [0.1, 0.15) is 45.6 Å². The number of anilines is 4. The fourth-order valence-corrected chi connectivity index (χ4v) is 6.84. The van der Waals surface area contributed by atoms with E-state index in [0.717, 1.165) is 22.2 Å². The molecule has 0 spiro atoms. The summed E-state index contributed by atoms with van der Waals surface area (Å²) in [7, 11) is -1.41. The summed E-state index contributed by atoms with van der Waals surface area (Å²) in [6.45, 7) is 9.80. The van der Waals surface area contributed by atoms with Crippen LogP contribution in [0.2, 0.25) is 0 Å². The molecule has 2 fully saturated rings. The van der Waals surface area contributed by atoms with Gasteiger partial charge in [0.2, 0.25) is 5.95 Å². The summed E-state index contributed by atoms with van der Waals surface area (Å²) in [5.74, 6) is 3.35. The van der Waals surface area contributed by atoms with Gasteiger partial charge in [0.25, 0.3) is 0 Å². The molecule has 216 valence electrons. The Balaban J connectivity index is 1.39. The lowest BCUT2D eigenvalue weighted by Crippen LogP contribution is -2.57. The number of aliphatic hydroxyl groups is 1. The number of sulfone groups is 1. The second-order valence-electron chi connectivity index (χ2n) is 11.1. The van der Waals surface area contributed by atoms with Crippen LogP contribution in [-0.2, 0) is 14.6 Å². The lowest BCUT2D eigenvalue weighted by Gasteiger charge is -2.47. The molecule has 3 aromatic rings. The van der Waals surface area contributed by atoms with Gasteiger partial charge in [-0.15, -0.1) is 0 Å². The zero-order valence-corrected chi connectivity index (χ0v) is 24.6. The smallest absolute Gasteiger partial charge is 0.227 e. The number of ether oxygens (including phenoxy) is 1. The highest BCUT2D eigenvalue weighted by molar-refractivity contribution is 7.91. The first-order valence-electron chi connectivity index (χ1n) is 13.9. The zero-order valence-electron chi connectivity index (χ0n) is 23.8. The Hall–Kier alpha value is -3.09. The van der Waals surface area contributed by atoms with Gasteiger partial charge < -0.3 is 25.0 Å². The number of methoxy groups -OCH3 is 1. The maximum atomic E-state index is 12.2. The first-order valence-corrected chi connectivity index (χ1v) is 15.7. The molecular formula is C28H39N7O4S. The normalized spacial score (nSPS) is 23.5. The molecule has 3 aromatic heterocycles. The summed E-state index contributed by atoms with van der Waals surface area (Å²) in [5.41, 5.74) is 1.11. The summed E-state index contributed by atoms with van der Waals surface area (Å²) >= 11 is 0. The first kappa shape index (κ1) is 28.4. The van der Waals surface area contributed by atoms with E-state index in [4.69, 9.17) is 14.7 Å². The Morgan fingerprint density at radius 3 is 2.62 bits per heavy atom. The van der Waals surface area contributed by atoms with E-state index < -0.39 is 15.9 Å². The highest BCUT2D eigenvalue weighted by Crippen LogP contribution is 2.38. The molecule has 0 aliphatic carbocycles. The molecule has 5 heterocycles. The van der Waals surface area contributed by atoms with Crippen LogP contribution in [0.3, 0.4) is 0 Å². The SMILES string of the molecule is CCS(=O)(=O)C[C@H]1CN(c2ncc(C(C)C)c3cc(Nc4ccnc(N5CC[C@H](OC)[C@@H](O)C5)n4)ncc23)[C@@H]1C. The number of β-amino-alcohol motifs (C(OH)–C–C–N with tert-alkyl or cyclic N) is 1. The van der Waals surface area contributed by atoms with Crippen molar-refractivity contribution in [2.75, 3.05) is 53.4 Å². The van der Waals surface area contributed by atoms with Crippen LogP contribution in [-0.4, -0.2) is 90.0 Å². The fraction of sp³-hybridized carbons (Fsp3) is 0.571. The molecule has 5 rings (SSSR count). The van der Waals surface area contributed by atoms with Gasteiger partial charge in [-0.05, 0) is 42.3 Å². The van der Waals surface area contributed by atoms with Gasteiger partial charge in [0.15, 0.2) is 0 Å². The highest BCUT2D eigenvalue weighted by Gasteiger charge is 2.39. The fourth-order valence-electron chi connectivity index (χ4n) is 5.57. The monoisotopic (exact) mass is 569 g/mol. The largest absolute Gasteiger partial charge is 0.389 e. The lowest BCUT2D eigenvalue weighted by molar-refractivity contribution is -0.0219. The number of piperidine rings is 1. The molecule has 0 unspecified atom stereocenters. The molecule has 0 bridgehead atoms. The van der Waals surface area contributed by atoms with Crippen molar-refractivity contribution in [3.63, 3.8) is 0 Å². The van der Waals surface area contributed by atoms with Crippen LogP contribution in [0.4, 0.5) is 23.4 Å². The predicted octanol–water partition coefficient (Wildman–Crippen LogP) is 3.13. The molecule has 0 amide bonds. The molecule has 2 saturated heterocycles. The average Bonchev–Trinajstić information content (AvgIpc) is 2.94. The number of fused-ring (bicyclic) bond motifs is 1. The maximum absolute atomic E-state index is 12.2. The van der Waals surface area contributed by atoms with Crippen LogP contribution in [0.5, 0.6) is 0 Å². The minimum Gasteiger partial charge on any atom is -0.389 e. The third-order valence-corrected chi connectivity index (χ3v) is 10.0. The highest BCUT2D eigenvalue weighted by atomic mass is 32.2. The average molecular weight is 570 g/mol. The van der Waals surface area contributed by atoms with Gasteiger partial charge in [-0.25, -0.2) is 23.4 Å². The van der Waals surface area contributed by atoms with Gasteiger partial charge in [-0.2, -0.15) is 4.98 Å². The van der Waals surface area contributed by atoms with Crippen molar-refractivity contribution in [1.82, 2.24) is 19.9 Å². The van der Waals surface area contributed by atoms with Crippen molar-refractivity contribution in [2.45, 2.75) is 58.3 Å². The van der Waals surface area contributed by atoms with E-state index in [2.05, 4.69) is 41.0 Å². The molecular weight excluding hydrogens is 530 g/mol. The third-order valence-electron chi connectivity index (χ3n) is 8.19. The zero-order chi connectivity index (χ0) is 28.6. The summed E-state index contributed by atoms with van der Waals surface area (Å²) in [6.07, 6.45) is 5.38. The second kappa shape index (κ2) is 11.4. The Labute approximate surface area is 235 Å².